The van der Waals surface area contributed by atoms with Gasteiger partial charge < -0.3 is 39.8 Å². The van der Waals surface area contributed by atoms with Gasteiger partial charge in [0.15, 0.2) is 0 Å². The molecule has 0 aliphatic rings. The van der Waals surface area contributed by atoms with E-state index in [1.165, 1.54) is 12.7 Å². The van der Waals surface area contributed by atoms with Gasteiger partial charge in [0, 0.05) is 73.0 Å². The molecule has 0 aliphatic heterocycles. The second-order valence-electron chi connectivity index (χ2n) is 14.7. The van der Waals surface area contributed by atoms with Crippen molar-refractivity contribution in [1.29, 1.82) is 0 Å². The summed E-state index contributed by atoms with van der Waals surface area (Å²) in [5.74, 6) is -0.207. The molecule has 4 heterocycles. The first-order chi connectivity index (χ1) is 31.0. The summed E-state index contributed by atoms with van der Waals surface area (Å²) in [6.45, 7) is 6.87. The normalized spacial score (nSPS) is 11.0. The molecule has 6 aromatic rings. The van der Waals surface area contributed by atoms with Crippen LogP contribution in [0.2, 0.25) is 0 Å². The van der Waals surface area contributed by atoms with Crippen LogP contribution in [-0.4, -0.2) is 65.1 Å². The van der Waals surface area contributed by atoms with Gasteiger partial charge in [0.05, 0.1) is 8.95 Å². The van der Waals surface area contributed by atoms with Crippen LogP contribution in [0, 0.1) is 13.8 Å². The molecule has 0 unspecified atom stereocenters. The predicted molar refractivity (Wildman–Crippen MR) is 244 cm³/mol. The number of hydrogen-bond donors (Lipinski definition) is 4. The fourth-order valence-electron chi connectivity index (χ4n) is 6.54. The number of carboxylic acid groups (broad SMARTS) is 2. The number of aliphatic carboxylic acids is 2. The molecule has 0 saturated carbocycles. The zero-order valence-corrected chi connectivity index (χ0v) is 38.5. The van der Waals surface area contributed by atoms with Gasteiger partial charge in [0.2, 0.25) is 23.5 Å². The Morgan fingerprint density at radius 1 is 0.562 bits per heavy atom. The summed E-state index contributed by atoms with van der Waals surface area (Å²) in [4.78, 5) is 47.7. The molecular weight excluding hydrogens is 952 g/mol. The molecule has 16 nitrogen and oxygen atoms in total. The molecule has 0 aliphatic carbocycles. The van der Waals surface area contributed by atoms with Gasteiger partial charge in [-0.3, -0.25) is 9.59 Å². The molecule has 0 bridgehead atoms. The Kier molecular flexibility index (Phi) is 17.9. The second-order valence-corrected chi connectivity index (χ2v) is 16.4. The maximum atomic E-state index is 11.0. The van der Waals surface area contributed by atoms with E-state index in [2.05, 4.69) is 88.4 Å². The molecular formula is C46H48Br2N8O8. The number of rotatable bonds is 25. The van der Waals surface area contributed by atoms with E-state index in [0.717, 1.165) is 55.6 Å². The van der Waals surface area contributed by atoms with Gasteiger partial charge in [0.1, 0.15) is 39.1 Å². The van der Waals surface area contributed by atoms with Gasteiger partial charge >= 0.3 is 11.9 Å². The summed E-state index contributed by atoms with van der Waals surface area (Å²) in [6, 6.07) is 16.0. The Balaban J connectivity index is 1.16. The minimum Gasteiger partial charge on any atom is -0.481 e. The Bertz CT molecular complexity index is 2330. The number of carbonyl (C=O) groups is 2. The summed E-state index contributed by atoms with van der Waals surface area (Å²) in [5, 5.41) is 24.6. The fraction of sp³-hybridized carbons (Fsp3) is 0.304. The summed E-state index contributed by atoms with van der Waals surface area (Å²) < 4.78 is 26.3. The highest BCUT2D eigenvalue weighted by atomic mass is 79.9. The Morgan fingerprint density at radius 2 is 0.953 bits per heavy atom. The standard InChI is InChI=1S/C46H48Br2N8O8/c1-29-33(25-63-45-39(47)15-35(21-49-13-5-11-41(57)58)43(55-45)61-23-31-17-51-27-52-18-31)7-3-9-37(29)38-10-4-8-34(30(38)2)26-64-46-40(48)16-36(22-50-14-6-12-42(59)60)44(56-46)62-24-32-19-53-28-54-20-32/h3-4,7-10,15-20,27-28,49-50H,5-6,11-14,21-26H2,1-2H3,(H,57,58)(H,59,60). The number of nitrogens with zero attached hydrogens (tertiary/aromatic N) is 6. The minimum absolute atomic E-state index is 0.0786. The molecule has 0 radical (unpaired) electrons. The molecule has 0 fully saturated rings. The second kappa shape index (κ2) is 24.1. The van der Waals surface area contributed by atoms with Crippen LogP contribution in [-0.2, 0) is 49.1 Å². The number of aromatic nitrogens is 6. The first-order valence-corrected chi connectivity index (χ1v) is 22.0. The zero-order chi connectivity index (χ0) is 45.3. The molecule has 6 rings (SSSR count). The van der Waals surface area contributed by atoms with Gasteiger partial charge in [0.25, 0.3) is 0 Å². The summed E-state index contributed by atoms with van der Waals surface area (Å²) in [6.07, 6.45) is 10.8. The molecule has 18 heteroatoms. The van der Waals surface area contributed by atoms with Crippen molar-refractivity contribution in [2.45, 2.75) is 79.0 Å². The monoisotopic (exact) mass is 998 g/mol. The highest BCUT2D eigenvalue weighted by Crippen LogP contribution is 2.35. The van der Waals surface area contributed by atoms with E-state index in [-0.39, 0.29) is 39.3 Å². The van der Waals surface area contributed by atoms with Crippen molar-refractivity contribution in [1.82, 2.24) is 40.5 Å². The molecule has 64 heavy (non-hydrogen) atoms. The SMILES string of the molecule is Cc1c(COc2nc(OCc3cncnc3)c(CNCCCC(=O)O)cc2Br)cccc1-c1cccc(COc2nc(OCc3cncnc3)c(CNCCCC(=O)O)cc2Br)c1C. The number of nitrogens with one attached hydrogen (secondary N) is 2. The van der Waals surface area contributed by atoms with Gasteiger partial charge in [-0.15, -0.1) is 0 Å². The van der Waals surface area contributed by atoms with Crippen molar-refractivity contribution < 1.29 is 38.7 Å². The molecule has 0 spiro atoms. The Morgan fingerprint density at radius 3 is 1.34 bits per heavy atom. The van der Waals surface area contributed by atoms with E-state index in [4.69, 9.17) is 39.1 Å². The Labute approximate surface area is 387 Å². The Hall–Kier alpha value is -6.08. The van der Waals surface area contributed by atoms with E-state index in [1.807, 2.05) is 36.4 Å². The number of hydrogen-bond acceptors (Lipinski definition) is 14. The zero-order valence-electron chi connectivity index (χ0n) is 35.4. The average Bonchev–Trinajstić information content (AvgIpc) is 3.28. The van der Waals surface area contributed by atoms with Crippen molar-refractivity contribution in [3.05, 3.63) is 139 Å². The van der Waals surface area contributed by atoms with E-state index in [0.29, 0.717) is 71.5 Å². The lowest BCUT2D eigenvalue weighted by molar-refractivity contribution is -0.138. The van der Waals surface area contributed by atoms with Gasteiger partial charge in [-0.25, -0.2) is 19.9 Å². The number of ether oxygens (including phenoxy) is 4. The highest BCUT2D eigenvalue weighted by Gasteiger charge is 2.18. The van der Waals surface area contributed by atoms with Crippen LogP contribution in [0.5, 0.6) is 23.5 Å². The number of benzene rings is 2. The topological polar surface area (TPSA) is 213 Å². The van der Waals surface area contributed by atoms with E-state index < -0.39 is 11.9 Å². The van der Waals surface area contributed by atoms with E-state index in [1.54, 1.807) is 24.8 Å². The van der Waals surface area contributed by atoms with Gasteiger partial charge in [-0.05, 0) is 117 Å². The smallest absolute Gasteiger partial charge is 0.303 e. The molecule has 334 valence electrons. The van der Waals surface area contributed by atoms with Crippen LogP contribution in [0.4, 0.5) is 0 Å². The maximum Gasteiger partial charge on any atom is 0.303 e. The number of carboxylic acids is 2. The van der Waals surface area contributed by atoms with Crippen LogP contribution in [0.1, 0.15) is 70.2 Å². The van der Waals surface area contributed by atoms with Crippen LogP contribution in [0.15, 0.2) is 94.9 Å². The lowest BCUT2D eigenvalue weighted by Crippen LogP contribution is -2.17. The van der Waals surface area contributed by atoms with Crippen molar-refractivity contribution in [2.75, 3.05) is 13.1 Å². The van der Waals surface area contributed by atoms with Crippen LogP contribution >= 0.6 is 31.9 Å². The third kappa shape index (κ3) is 14.0. The summed E-state index contributed by atoms with van der Waals surface area (Å²) >= 11 is 7.28. The molecule has 2 aromatic carbocycles. The summed E-state index contributed by atoms with van der Waals surface area (Å²) in [5.41, 5.74) is 9.23. The molecule has 0 atom stereocenters. The maximum absolute atomic E-state index is 11.0. The van der Waals surface area contributed by atoms with Crippen LogP contribution < -0.4 is 29.6 Å². The van der Waals surface area contributed by atoms with Crippen molar-refractivity contribution in [2.24, 2.45) is 0 Å². The van der Waals surface area contributed by atoms with E-state index in [9.17, 15) is 9.59 Å². The quantitative estimate of drug-likeness (QED) is 0.0399. The average molecular weight is 1000 g/mol. The molecule has 0 saturated heterocycles. The van der Waals surface area contributed by atoms with Gasteiger partial charge in [-0.1, -0.05) is 36.4 Å². The summed E-state index contributed by atoms with van der Waals surface area (Å²) in [7, 11) is 0. The first kappa shape index (κ1) is 47.4. The third-order valence-corrected chi connectivity index (χ3v) is 11.1. The molecule has 4 aromatic heterocycles. The van der Waals surface area contributed by atoms with Crippen molar-refractivity contribution >= 4 is 43.8 Å². The van der Waals surface area contributed by atoms with Gasteiger partial charge in [-0.2, -0.15) is 9.97 Å². The minimum atomic E-state index is -0.835. The lowest BCUT2D eigenvalue weighted by Gasteiger charge is -2.18. The molecule has 0 amide bonds. The first-order valence-electron chi connectivity index (χ1n) is 20.5. The van der Waals surface area contributed by atoms with Crippen LogP contribution in [0.25, 0.3) is 11.1 Å². The molecule has 4 N–H and O–H groups in total. The number of halogens is 2. The van der Waals surface area contributed by atoms with Crippen molar-refractivity contribution in [3.63, 3.8) is 0 Å². The number of pyridine rings is 2. The fourth-order valence-corrected chi connectivity index (χ4v) is 7.50. The third-order valence-electron chi connectivity index (χ3n) is 9.98. The van der Waals surface area contributed by atoms with Crippen LogP contribution in [0.3, 0.4) is 0 Å². The largest absolute Gasteiger partial charge is 0.481 e. The highest BCUT2D eigenvalue weighted by molar-refractivity contribution is 9.10. The van der Waals surface area contributed by atoms with Crippen molar-refractivity contribution in [3.8, 4) is 34.6 Å². The predicted octanol–water partition coefficient (Wildman–Crippen LogP) is 8.09. The van der Waals surface area contributed by atoms with E-state index >= 15 is 0 Å². The lowest BCUT2D eigenvalue weighted by atomic mass is 9.92.